The Morgan fingerprint density at radius 3 is 2.44 bits per heavy atom. The van der Waals surface area contributed by atoms with Crippen LogP contribution in [0.4, 0.5) is 0 Å². The first-order chi connectivity index (χ1) is 8.52. The fraction of sp³-hybridized carbons (Fsp3) is 0.500. The van der Waals surface area contributed by atoms with E-state index in [-0.39, 0.29) is 11.8 Å². The number of benzene rings is 1. The number of piperidine rings is 1. The van der Waals surface area contributed by atoms with E-state index >= 15 is 0 Å². The number of halogens is 3. The van der Waals surface area contributed by atoms with Gasteiger partial charge in [0.05, 0.1) is 8.95 Å². The minimum atomic E-state index is -0.0742. The smallest absolute Gasteiger partial charge is 0.144 e. The Labute approximate surface area is 132 Å². The molecule has 0 unspecified atom stereocenters. The number of nitrogens with two attached hydrogens (primary N) is 1. The fourth-order valence-corrected chi connectivity index (χ4v) is 4.99. The van der Waals surface area contributed by atoms with Crippen molar-refractivity contribution >= 4 is 47.8 Å². The Morgan fingerprint density at radius 2 is 1.83 bits per heavy atom. The van der Waals surface area contributed by atoms with Crippen molar-refractivity contribution in [2.75, 3.05) is 13.1 Å². The molecule has 1 saturated heterocycles. The minimum Gasteiger partial charge on any atom is -0.506 e. The molecule has 1 atom stereocenters. The molecule has 1 heterocycles. The van der Waals surface area contributed by atoms with Crippen LogP contribution in [0.15, 0.2) is 19.5 Å². The van der Waals surface area contributed by atoms with Crippen molar-refractivity contribution in [3.8, 4) is 5.75 Å². The number of hydrogen-bond acceptors (Lipinski definition) is 3. The second-order valence-electron chi connectivity index (χ2n) is 4.53. The lowest BCUT2D eigenvalue weighted by Gasteiger charge is -2.29. The zero-order valence-electron chi connectivity index (χ0n) is 9.72. The Morgan fingerprint density at radius 1 is 1.22 bits per heavy atom. The Balaban J connectivity index is 2.34. The first-order valence-electron chi connectivity index (χ1n) is 5.85. The van der Waals surface area contributed by atoms with Gasteiger partial charge in [0, 0.05) is 16.1 Å². The summed E-state index contributed by atoms with van der Waals surface area (Å²) in [7, 11) is 0. The lowest BCUT2D eigenvalue weighted by molar-refractivity contribution is 0.320. The first kappa shape index (κ1) is 14.8. The van der Waals surface area contributed by atoms with E-state index < -0.39 is 0 Å². The average Bonchev–Trinajstić information content (AvgIpc) is 2.37. The normalized spacial score (nSPS) is 18.9. The quantitative estimate of drug-likeness (QED) is 0.654. The lowest BCUT2D eigenvalue weighted by Crippen LogP contribution is -2.34. The van der Waals surface area contributed by atoms with E-state index in [1.807, 2.05) is 6.07 Å². The molecular weight excluding hydrogens is 428 g/mol. The van der Waals surface area contributed by atoms with E-state index in [0.717, 1.165) is 36.0 Å². The van der Waals surface area contributed by atoms with Gasteiger partial charge in [-0.15, -0.1) is 0 Å². The van der Waals surface area contributed by atoms with Gasteiger partial charge in [-0.2, -0.15) is 0 Å². The summed E-state index contributed by atoms with van der Waals surface area (Å²) in [6, 6.07) is 1.77. The van der Waals surface area contributed by atoms with Crippen LogP contribution >= 0.6 is 47.8 Å². The predicted octanol–water partition coefficient (Wildman–Crippen LogP) is 3.68. The number of phenols is 1. The van der Waals surface area contributed by atoms with E-state index in [4.69, 9.17) is 5.73 Å². The molecule has 2 rings (SSSR count). The van der Waals surface area contributed by atoms with Gasteiger partial charge in [0.15, 0.2) is 0 Å². The van der Waals surface area contributed by atoms with Gasteiger partial charge in [0.1, 0.15) is 5.75 Å². The predicted molar refractivity (Wildman–Crippen MR) is 83.7 cm³/mol. The molecule has 0 aliphatic carbocycles. The van der Waals surface area contributed by atoms with Crippen LogP contribution in [0.5, 0.6) is 5.75 Å². The number of aromatic hydroxyl groups is 1. The molecule has 0 saturated carbocycles. The lowest BCUT2D eigenvalue weighted by atomic mass is 9.86. The van der Waals surface area contributed by atoms with E-state index in [2.05, 4.69) is 53.1 Å². The van der Waals surface area contributed by atoms with Crippen LogP contribution in [0, 0.1) is 5.92 Å². The summed E-state index contributed by atoms with van der Waals surface area (Å²) in [6.45, 7) is 2.02. The van der Waals surface area contributed by atoms with Crippen LogP contribution in [0.3, 0.4) is 0 Å². The van der Waals surface area contributed by atoms with Crippen LogP contribution in [-0.4, -0.2) is 18.2 Å². The maximum Gasteiger partial charge on any atom is 0.144 e. The van der Waals surface area contributed by atoms with Crippen molar-refractivity contribution in [1.29, 1.82) is 0 Å². The third-order valence-electron chi connectivity index (χ3n) is 3.41. The monoisotopic (exact) mass is 440 g/mol. The van der Waals surface area contributed by atoms with E-state index in [9.17, 15) is 5.11 Å². The summed E-state index contributed by atoms with van der Waals surface area (Å²) < 4.78 is 2.25. The molecule has 100 valence electrons. The van der Waals surface area contributed by atoms with Crippen molar-refractivity contribution in [2.45, 2.75) is 18.9 Å². The molecule has 1 fully saturated rings. The summed E-state index contributed by atoms with van der Waals surface area (Å²) in [4.78, 5) is 0. The highest BCUT2D eigenvalue weighted by Crippen LogP contribution is 2.44. The van der Waals surface area contributed by atoms with Gasteiger partial charge in [-0.1, -0.05) is 15.9 Å². The van der Waals surface area contributed by atoms with E-state index in [0.29, 0.717) is 14.9 Å². The van der Waals surface area contributed by atoms with Gasteiger partial charge in [-0.3, -0.25) is 0 Å². The number of phenolic OH excluding ortho intramolecular Hbond substituents is 1. The van der Waals surface area contributed by atoms with Gasteiger partial charge in [0.2, 0.25) is 0 Å². The molecule has 1 aromatic carbocycles. The van der Waals surface area contributed by atoms with Crippen molar-refractivity contribution in [3.05, 3.63) is 25.0 Å². The largest absolute Gasteiger partial charge is 0.506 e. The highest BCUT2D eigenvalue weighted by atomic mass is 79.9. The van der Waals surface area contributed by atoms with Crippen LogP contribution in [0.1, 0.15) is 24.4 Å². The molecule has 1 aliphatic heterocycles. The van der Waals surface area contributed by atoms with Crippen LogP contribution in [0.25, 0.3) is 0 Å². The second kappa shape index (κ2) is 6.22. The van der Waals surface area contributed by atoms with Crippen molar-refractivity contribution in [1.82, 2.24) is 5.32 Å². The number of rotatable bonds is 2. The molecule has 0 amide bonds. The molecule has 6 heteroatoms. The Kier molecular flexibility index (Phi) is 5.11. The maximum absolute atomic E-state index is 9.98. The summed E-state index contributed by atoms with van der Waals surface area (Å²) in [5.41, 5.74) is 7.32. The zero-order chi connectivity index (χ0) is 13.3. The molecule has 3 nitrogen and oxygen atoms in total. The van der Waals surface area contributed by atoms with Gasteiger partial charge in [-0.25, -0.2) is 0 Å². The first-order valence-corrected chi connectivity index (χ1v) is 8.23. The molecule has 18 heavy (non-hydrogen) atoms. The van der Waals surface area contributed by atoms with Gasteiger partial charge >= 0.3 is 0 Å². The van der Waals surface area contributed by atoms with Crippen molar-refractivity contribution in [2.24, 2.45) is 11.7 Å². The SMILES string of the molecule is N[C@@H](c1c(Br)cc(Br)c(O)c1Br)C1CCNCC1. The summed E-state index contributed by atoms with van der Waals surface area (Å²) >= 11 is 10.3. The second-order valence-corrected chi connectivity index (χ2v) is 7.03. The number of nitrogens with one attached hydrogen (secondary N) is 1. The Bertz CT molecular complexity index is 447. The van der Waals surface area contributed by atoms with E-state index in [1.165, 1.54) is 0 Å². The van der Waals surface area contributed by atoms with Crippen LogP contribution < -0.4 is 11.1 Å². The van der Waals surface area contributed by atoms with Crippen molar-refractivity contribution < 1.29 is 5.11 Å². The van der Waals surface area contributed by atoms with E-state index in [1.54, 1.807) is 0 Å². The third-order valence-corrected chi connectivity index (χ3v) is 5.47. The zero-order valence-corrected chi connectivity index (χ0v) is 14.5. The summed E-state index contributed by atoms with van der Waals surface area (Å²) in [6.07, 6.45) is 2.13. The van der Waals surface area contributed by atoms with Crippen LogP contribution in [0.2, 0.25) is 0 Å². The molecular formula is C12H15Br3N2O. The summed E-state index contributed by atoms with van der Waals surface area (Å²) in [5, 5.41) is 13.3. The molecule has 4 N–H and O–H groups in total. The molecule has 0 spiro atoms. The standard InChI is InChI=1S/C12H15Br3N2O/c13-7-5-8(14)12(18)10(15)9(7)11(16)6-1-3-17-4-2-6/h5-6,11,17-18H,1-4,16H2/t11-/m1/s1. The highest BCUT2D eigenvalue weighted by molar-refractivity contribution is 9.11. The van der Waals surface area contributed by atoms with Gasteiger partial charge < -0.3 is 16.2 Å². The maximum atomic E-state index is 9.98. The molecule has 0 radical (unpaired) electrons. The number of hydrogen-bond donors (Lipinski definition) is 3. The Hall–Kier alpha value is 0.380. The fourth-order valence-electron chi connectivity index (χ4n) is 2.34. The molecule has 1 aliphatic rings. The van der Waals surface area contributed by atoms with Gasteiger partial charge in [0.25, 0.3) is 0 Å². The molecule has 1 aromatic rings. The molecule has 0 aromatic heterocycles. The third kappa shape index (κ3) is 2.93. The molecule has 0 bridgehead atoms. The average molecular weight is 443 g/mol. The van der Waals surface area contributed by atoms with Crippen molar-refractivity contribution in [3.63, 3.8) is 0 Å². The topological polar surface area (TPSA) is 58.3 Å². The highest BCUT2D eigenvalue weighted by Gasteiger charge is 2.26. The van der Waals surface area contributed by atoms with Gasteiger partial charge in [-0.05, 0) is 69.8 Å². The summed E-state index contributed by atoms with van der Waals surface area (Å²) in [5.74, 6) is 0.650. The minimum absolute atomic E-state index is 0.0742. The van der Waals surface area contributed by atoms with Crippen LogP contribution in [-0.2, 0) is 0 Å².